The quantitative estimate of drug-likeness (QED) is 0.356. The molecule has 1 atom stereocenters. The Balaban J connectivity index is 1.47. The van der Waals surface area contributed by atoms with Crippen molar-refractivity contribution in [1.82, 2.24) is 4.90 Å². The highest BCUT2D eigenvalue weighted by atomic mass is 32.2. The fraction of sp³-hybridized carbons (Fsp3) is 0.261. The Hall–Kier alpha value is -3.66. The summed E-state index contributed by atoms with van der Waals surface area (Å²) in [6.45, 7) is -0.682. The number of amides is 3. The standard InChI is InChI=1S/C23H20N2O7S/c1-33-9-8-17(25-21(28)14-4-2-3-5-15(14)22(25)29)23(30)32-11-18(26)13-6-7-19-16(10-13)24-20(27)12-31-19/h2-7,10,17H,8-9,11-12H2,1H3,(H,24,27)/t17-/m0/s1. The molecular formula is C23H20N2O7S. The summed E-state index contributed by atoms with van der Waals surface area (Å²) < 4.78 is 10.5. The molecule has 0 aromatic heterocycles. The van der Waals surface area contributed by atoms with Gasteiger partial charge in [0.15, 0.2) is 19.0 Å². The summed E-state index contributed by atoms with van der Waals surface area (Å²) in [7, 11) is 0. The van der Waals surface area contributed by atoms with Crippen molar-refractivity contribution in [3.05, 3.63) is 59.2 Å². The minimum atomic E-state index is -1.14. The monoisotopic (exact) mass is 468 g/mol. The summed E-state index contributed by atoms with van der Waals surface area (Å²) in [4.78, 5) is 63.5. The molecule has 2 aliphatic rings. The SMILES string of the molecule is CSCC[C@@H](C(=O)OCC(=O)c1ccc2c(c1)NC(=O)CO2)N1C(=O)c2ccccc2C1=O. The Morgan fingerprint density at radius 1 is 1.12 bits per heavy atom. The van der Waals surface area contributed by atoms with Crippen LogP contribution in [0.25, 0.3) is 0 Å². The number of anilines is 1. The molecule has 170 valence electrons. The van der Waals surface area contributed by atoms with Crippen molar-refractivity contribution in [3.63, 3.8) is 0 Å². The number of hydrogen-bond acceptors (Lipinski definition) is 8. The van der Waals surface area contributed by atoms with Gasteiger partial charge < -0.3 is 14.8 Å². The minimum Gasteiger partial charge on any atom is -0.482 e. The molecule has 10 heteroatoms. The first kappa shape index (κ1) is 22.5. The Kier molecular flexibility index (Phi) is 6.45. The molecular weight excluding hydrogens is 448 g/mol. The molecule has 2 heterocycles. The molecule has 4 rings (SSSR count). The number of carbonyl (C=O) groups is 5. The van der Waals surface area contributed by atoms with E-state index in [0.717, 1.165) is 4.90 Å². The number of carbonyl (C=O) groups excluding carboxylic acids is 5. The fourth-order valence-electron chi connectivity index (χ4n) is 3.65. The largest absolute Gasteiger partial charge is 0.482 e. The van der Waals surface area contributed by atoms with Gasteiger partial charge in [-0.3, -0.25) is 24.1 Å². The molecule has 0 fully saturated rings. The fourth-order valence-corrected chi connectivity index (χ4v) is 4.10. The molecule has 3 amide bonds. The zero-order chi connectivity index (χ0) is 23.5. The van der Waals surface area contributed by atoms with Crippen LogP contribution in [0.5, 0.6) is 5.75 Å². The zero-order valence-electron chi connectivity index (χ0n) is 17.7. The van der Waals surface area contributed by atoms with E-state index in [9.17, 15) is 24.0 Å². The number of Topliss-reactive ketones (excluding diaryl/α,β-unsaturated/α-hetero) is 1. The molecule has 2 aliphatic heterocycles. The van der Waals surface area contributed by atoms with Gasteiger partial charge in [-0.2, -0.15) is 11.8 Å². The summed E-state index contributed by atoms with van der Waals surface area (Å²) in [5, 5.41) is 2.61. The first-order valence-electron chi connectivity index (χ1n) is 10.1. The lowest BCUT2D eigenvalue weighted by molar-refractivity contribution is -0.147. The van der Waals surface area contributed by atoms with E-state index in [2.05, 4.69) is 5.32 Å². The van der Waals surface area contributed by atoms with E-state index in [1.165, 1.54) is 36.0 Å². The van der Waals surface area contributed by atoms with Crippen LogP contribution in [0.3, 0.4) is 0 Å². The Labute approximate surface area is 193 Å². The average Bonchev–Trinajstić information content (AvgIpc) is 3.07. The molecule has 2 aromatic carbocycles. The Bertz CT molecular complexity index is 1130. The number of ether oxygens (including phenoxy) is 2. The van der Waals surface area contributed by atoms with E-state index in [4.69, 9.17) is 9.47 Å². The molecule has 33 heavy (non-hydrogen) atoms. The number of esters is 1. The van der Waals surface area contributed by atoms with E-state index in [1.807, 2.05) is 6.26 Å². The van der Waals surface area contributed by atoms with Crippen LogP contribution in [-0.4, -0.2) is 65.6 Å². The summed E-state index contributed by atoms with van der Waals surface area (Å²) in [6.07, 6.45) is 2.04. The predicted octanol–water partition coefficient (Wildman–Crippen LogP) is 2.16. The lowest BCUT2D eigenvalue weighted by atomic mass is 10.1. The Morgan fingerprint density at radius 3 is 2.48 bits per heavy atom. The predicted molar refractivity (Wildman–Crippen MR) is 120 cm³/mol. The molecule has 0 saturated carbocycles. The van der Waals surface area contributed by atoms with E-state index in [1.54, 1.807) is 18.2 Å². The average molecular weight is 468 g/mol. The van der Waals surface area contributed by atoms with Gasteiger partial charge in [0.1, 0.15) is 11.8 Å². The number of rotatable bonds is 8. The van der Waals surface area contributed by atoms with Crippen molar-refractivity contribution >= 4 is 46.9 Å². The second-order valence-electron chi connectivity index (χ2n) is 7.40. The van der Waals surface area contributed by atoms with Crippen molar-refractivity contribution in [1.29, 1.82) is 0 Å². The number of imide groups is 1. The molecule has 2 aromatic rings. The van der Waals surface area contributed by atoms with Crippen molar-refractivity contribution in [2.24, 2.45) is 0 Å². The summed E-state index contributed by atoms with van der Waals surface area (Å²) in [5.74, 6) is -1.85. The maximum absolute atomic E-state index is 12.9. The number of ketones is 1. The van der Waals surface area contributed by atoms with Crippen LogP contribution in [0, 0.1) is 0 Å². The smallest absolute Gasteiger partial charge is 0.329 e. The number of thioether (sulfide) groups is 1. The summed E-state index contributed by atoms with van der Waals surface area (Å²) in [6, 6.07) is 9.71. The number of nitrogens with one attached hydrogen (secondary N) is 1. The van der Waals surface area contributed by atoms with Gasteiger partial charge >= 0.3 is 5.97 Å². The van der Waals surface area contributed by atoms with E-state index >= 15 is 0 Å². The topological polar surface area (TPSA) is 119 Å². The van der Waals surface area contributed by atoms with Crippen LogP contribution in [0.2, 0.25) is 0 Å². The van der Waals surface area contributed by atoms with Gasteiger partial charge in [0.05, 0.1) is 16.8 Å². The first-order chi connectivity index (χ1) is 15.9. The van der Waals surface area contributed by atoms with Crippen molar-refractivity contribution < 1.29 is 33.4 Å². The van der Waals surface area contributed by atoms with Gasteiger partial charge in [0.25, 0.3) is 17.7 Å². The molecule has 1 N–H and O–H groups in total. The second kappa shape index (κ2) is 9.45. The van der Waals surface area contributed by atoms with E-state index in [0.29, 0.717) is 17.2 Å². The van der Waals surface area contributed by atoms with Gasteiger partial charge in [0, 0.05) is 5.56 Å². The molecule has 9 nitrogen and oxygen atoms in total. The number of fused-ring (bicyclic) bond motifs is 2. The minimum absolute atomic E-state index is 0.104. The van der Waals surface area contributed by atoms with Crippen molar-refractivity contribution in [2.75, 3.05) is 30.5 Å². The highest BCUT2D eigenvalue weighted by Crippen LogP contribution is 2.29. The third-order valence-corrected chi connectivity index (χ3v) is 5.93. The van der Waals surface area contributed by atoms with E-state index in [-0.39, 0.29) is 35.6 Å². The van der Waals surface area contributed by atoms with Crippen LogP contribution < -0.4 is 10.1 Å². The van der Waals surface area contributed by atoms with E-state index < -0.39 is 36.2 Å². The zero-order valence-corrected chi connectivity index (χ0v) is 18.5. The molecule has 0 aliphatic carbocycles. The van der Waals surface area contributed by atoms with Crippen molar-refractivity contribution in [3.8, 4) is 5.75 Å². The van der Waals surface area contributed by atoms with Gasteiger partial charge in [-0.1, -0.05) is 12.1 Å². The number of benzene rings is 2. The van der Waals surface area contributed by atoms with Crippen LogP contribution >= 0.6 is 11.8 Å². The maximum Gasteiger partial charge on any atom is 0.329 e. The lowest BCUT2D eigenvalue weighted by Gasteiger charge is -2.24. The van der Waals surface area contributed by atoms with Gasteiger partial charge in [0.2, 0.25) is 0 Å². The number of hydrogen-bond donors (Lipinski definition) is 1. The van der Waals surface area contributed by atoms with Gasteiger partial charge in [-0.05, 0) is 48.8 Å². The van der Waals surface area contributed by atoms with Crippen LogP contribution in [0.1, 0.15) is 37.5 Å². The van der Waals surface area contributed by atoms with Crippen LogP contribution in [0.15, 0.2) is 42.5 Å². The normalized spacial score (nSPS) is 15.3. The maximum atomic E-state index is 12.9. The second-order valence-corrected chi connectivity index (χ2v) is 8.39. The Morgan fingerprint density at radius 2 is 1.82 bits per heavy atom. The van der Waals surface area contributed by atoms with Gasteiger partial charge in [-0.15, -0.1) is 0 Å². The third-order valence-electron chi connectivity index (χ3n) is 5.28. The molecule has 0 radical (unpaired) electrons. The summed E-state index contributed by atoms with van der Waals surface area (Å²) in [5.41, 5.74) is 1.04. The molecule has 0 unspecified atom stereocenters. The molecule has 0 bridgehead atoms. The lowest BCUT2D eigenvalue weighted by Crippen LogP contribution is -2.46. The third kappa shape index (κ3) is 4.47. The highest BCUT2D eigenvalue weighted by Gasteiger charge is 2.43. The summed E-state index contributed by atoms with van der Waals surface area (Å²) >= 11 is 1.46. The highest BCUT2D eigenvalue weighted by molar-refractivity contribution is 7.98. The number of nitrogens with zero attached hydrogens (tertiary/aromatic N) is 1. The molecule has 0 spiro atoms. The first-order valence-corrected chi connectivity index (χ1v) is 11.5. The van der Waals surface area contributed by atoms with Crippen molar-refractivity contribution in [2.45, 2.75) is 12.5 Å². The molecule has 0 saturated heterocycles. The van der Waals surface area contributed by atoms with Crippen LogP contribution in [-0.2, 0) is 14.3 Å². The van der Waals surface area contributed by atoms with Crippen LogP contribution in [0.4, 0.5) is 5.69 Å². The van der Waals surface area contributed by atoms with Gasteiger partial charge in [-0.25, -0.2) is 4.79 Å².